The largest absolute Gasteiger partial charge is 0.373 e. The lowest BCUT2D eigenvalue weighted by atomic mass is 10.00. The van der Waals surface area contributed by atoms with Crippen LogP contribution in [0.3, 0.4) is 0 Å². The molecule has 1 rings (SSSR count). The van der Waals surface area contributed by atoms with Crippen molar-refractivity contribution >= 4 is 0 Å². The summed E-state index contributed by atoms with van der Waals surface area (Å²) in [5, 5.41) is 3.26. The van der Waals surface area contributed by atoms with E-state index >= 15 is 0 Å². The van der Waals surface area contributed by atoms with Crippen LogP contribution in [0.25, 0.3) is 0 Å². The highest BCUT2D eigenvalue weighted by Crippen LogP contribution is 2.16. The second-order valence-electron chi connectivity index (χ2n) is 5.38. The molecule has 0 spiro atoms. The summed E-state index contributed by atoms with van der Waals surface area (Å²) in [6.45, 7) is 7.49. The molecule has 1 N–H and O–H groups in total. The van der Waals surface area contributed by atoms with E-state index in [0.717, 1.165) is 19.7 Å². The number of hydrogen-bond acceptors (Lipinski definition) is 2. The topological polar surface area (TPSA) is 21.3 Å². The van der Waals surface area contributed by atoms with E-state index in [0.29, 0.717) is 0 Å². The Balaban J connectivity index is 1.74. The summed E-state index contributed by atoms with van der Waals surface area (Å²) in [5.74, 6) is 0. The normalized spacial score (nSPS) is 18.4. The van der Waals surface area contributed by atoms with E-state index < -0.39 is 0 Å². The average molecular weight is 227 g/mol. The number of rotatable bonds is 10. The molecule has 1 saturated heterocycles. The van der Waals surface area contributed by atoms with E-state index in [1.807, 2.05) is 0 Å². The van der Waals surface area contributed by atoms with E-state index in [1.54, 1.807) is 0 Å². The van der Waals surface area contributed by atoms with Gasteiger partial charge in [0.25, 0.3) is 0 Å². The molecule has 0 unspecified atom stereocenters. The molecule has 0 radical (unpaired) electrons. The van der Waals surface area contributed by atoms with Gasteiger partial charge in [-0.3, -0.25) is 0 Å². The lowest BCUT2D eigenvalue weighted by molar-refractivity contribution is -0.0677. The van der Waals surface area contributed by atoms with Crippen molar-refractivity contribution in [3.63, 3.8) is 0 Å². The van der Waals surface area contributed by atoms with Crippen LogP contribution >= 0.6 is 0 Å². The summed E-state index contributed by atoms with van der Waals surface area (Å²) in [4.78, 5) is 0. The third-order valence-corrected chi connectivity index (χ3v) is 3.45. The maximum Gasteiger partial charge on any atom is 0.0901 e. The molecule has 1 fully saturated rings. The molecule has 2 heteroatoms. The molecule has 0 amide bonds. The molecule has 0 aromatic carbocycles. The maximum absolute atomic E-state index is 5.85. The Hall–Kier alpha value is -0.0800. The van der Waals surface area contributed by atoms with Gasteiger partial charge in [0.1, 0.15) is 0 Å². The second kappa shape index (κ2) is 8.08. The van der Waals surface area contributed by atoms with Gasteiger partial charge in [-0.2, -0.15) is 0 Å². The van der Waals surface area contributed by atoms with E-state index in [-0.39, 0.29) is 5.60 Å². The van der Waals surface area contributed by atoms with Gasteiger partial charge in [0.2, 0.25) is 0 Å². The van der Waals surface area contributed by atoms with Crippen LogP contribution in [-0.2, 0) is 4.74 Å². The number of hydrogen-bond donors (Lipinski definition) is 1. The van der Waals surface area contributed by atoms with Crippen LogP contribution < -0.4 is 5.32 Å². The van der Waals surface area contributed by atoms with Gasteiger partial charge >= 0.3 is 0 Å². The fraction of sp³-hybridized carbons (Fsp3) is 1.00. The van der Waals surface area contributed by atoms with Crippen LogP contribution in [0, 0.1) is 0 Å². The van der Waals surface area contributed by atoms with Crippen LogP contribution in [0.1, 0.15) is 65.2 Å². The molecule has 16 heavy (non-hydrogen) atoms. The first kappa shape index (κ1) is 14.0. The highest BCUT2D eigenvalue weighted by atomic mass is 16.5. The van der Waals surface area contributed by atoms with Crippen molar-refractivity contribution in [3.8, 4) is 0 Å². The molecule has 0 aliphatic carbocycles. The van der Waals surface area contributed by atoms with E-state index in [4.69, 9.17) is 4.74 Å². The van der Waals surface area contributed by atoms with Crippen LogP contribution in [0.5, 0.6) is 0 Å². The van der Waals surface area contributed by atoms with Crippen molar-refractivity contribution in [2.24, 2.45) is 0 Å². The monoisotopic (exact) mass is 227 g/mol. The lowest BCUT2D eigenvalue weighted by Crippen LogP contribution is -2.59. The average Bonchev–Trinajstić information content (AvgIpc) is 2.24. The Morgan fingerprint density at radius 1 is 0.938 bits per heavy atom. The van der Waals surface area contributed by atoms with Gasteiger partial charge in [-0.05, 0) is 13.3 Å². The summed E-state index contributed by atoms with van der Waals surface area (Å²) >= 11 is 0. The Morgan fingerprint density at radius 3 is 2.00 bits per heavy atom. The van der Waals surface area contributed by atoms with Crippen LogP contribution in [0.15, 0.2) is 0 Å². The predicted molar refractivity (Wildman–Crippen MR) is 69.8 cm³/mol. The zero-order valence-corrected chi connectivity index (χ0v) is 11.2. The van der Waals surface area contributed by atoms with Crippen molar-refractivity contribution < 1.29 is 4.74 Å². The molecule has 0 saturated carbocycles. The third kappa shape index (κ3) is 5.86. The van der Waals surface area contributed by atoms with Gasteiger partial charge in [0, 0.05) is 19.7 Å². The Morgan fingerprint density at radius 2 is 1.50 bits per heavy atom. The minimum Gasteiger partial charge on any atom is -0.373 e. The highest BCUT2D eigenvalue weighted by molar-refractivity contribution is 4.89. The van der Waals surface area contributed by atoms with Gasteiger partial charge in [-0.1, -0.05) is 51.9 Å². The van der Waals surface area contributed by atoms with Crippen molar-refractivity contribution in [1.82, 2.24) is 5.32 Å². The van der Waals surface area contributed by atoms with E-state index in [1.165, 1.54) is 51.4 Å². The first-order chi connectivity index (χ1) is 7.77. The molecule has 0 bridgehead atoms. The summed E-state index contributed by atoms with van der Waals surface area (Å²) in [5.41, 5.74) is 0.154. The minimum absolute atomic E-state index is 0.154. The fourth-order valence-corrected chi connectivity index (χ4v) is 2.13. The van der Waals surface area contributed by atoms with Gasteiger partial charge in [0.15, 0.2) is 0 Å². The van der Waals surface area contributed by atoms with Crippen LogP contribution in [0.2, 0.25) is 0 Å². The van der Waals surface area contributed by atoms with Crippen LogP contribution in [-0.4, -0.2) is 25.3 Å². The molecular weight excluding hydrogens is 198 g/mol. The minimum atomic E-state index is 0.154. The molecule has 0 atom stereocenters. The summed E-state index contributed by atoms with van der Waals surface area (Å²) in [7, 11) is 0. The summed E-state index contributed by atoms with van der Waals surface area (Å²) in [6, 6.07) is 0. The smallest absolute Gasteiger partial charge is 0.0901 e. The van der Waals surface area contributed by atoms with Crippen molar-refractivity contribution in [2.45, 2.75) is 70.8 Å². The first-order valence-corrected chi connectivity index (χ1v) is 7.11. The number of nitrogens with one attached hydrogen (secondary N) is 1. The van der Waals surface area contributed by atoms with Gasteiger partial charge < -0.3 is 10.1 Å². The Kier molecular flexibility index (Phi) is 7.06. The van der Waals surface area contributed by atoms with Crippen LogP contribution in [0.4, 0.5) is 0 Å². The standard InChI is InChI=1S/C14H29NO/c1-3-4-5-6-7-8-9-10-11-16-14(2)12-15-13-14/h15H,3-13H2,1-2H3. The molecule has 1 heterocycles. The number of unbranched alkanes of at least 4 members (excludes halogenated alkanes) is 7. The van der Waals surface area contributed by atoms with Gasteiger partial charge in [-0.25, -0.2) is 0 Å². The first-order valence-electron chi connectivity index (χ1n) is 7.11. The number of ether oxygens (including phenoxy) is 1. The lowest BCUT2D eigenvalue weighted by Gasteiger charge is -2.39. The SMILES string of the molecule is CCCCCCCCCCOC1(C)CNC1. The van der Waals surface area contributed by atoms with Crippen molar-refractivity contribution in [3.05, 3.63) is 0 Å². The Labute approximate surface area is 101 Å². The van der Waals surface area contributed by atoms with Gasteiger partial charge in [0.05, 0.1) is 5.60 Å². The summed E-state index contributed by atoms with van der Waals surface area (Å²) < 4.78 is 5.85. The predicted octanol–water partition coefficient (Wildman–Crippen LogP) is 3.51. The molecule has 1 aliphatic rings. The van der Waals surface area contributed by atoms with Crippen molar-refractivity contribution in [1.29, 1.82) is 0 Å². The zero-order valence-electron chi connectivity index (χ0n) is 11.2. The molecule has 1 aliphatic heterocycles. The third-order valence-electron chi connectivity index (χ3n) is 3.45. The summed E-state index contributed by atoms with van der Waals surface area (Å²) in [6.07, 6.45) is 11.0. The second-order valence-corrected chi connectivity index (χ2v) is 5.38. The molecular formula is C14H29NO. The molecule has 0 aromatic heterocycles. The zero-order chi connectivity index (χ0) is 11.7. The van der Waals surface area contributed by atoms with E-state index in [9.17, 15) is 0 Å². The van der Waals surface area contributed by atoms with Crippen molar-refractivity contribution in [2.75, 3.05) is 19.7 Å². The molecule has 2 nitrogen and oxygen atoms in total. The van der Waals surface area contributed by atoms with Gasteiger partial charge in [-0.15, -0.1) is 0 Å². The maximum atomic E-state index is 5.85. The quantitative estimate of drug-likeness (QED) is 0.577. The molecule has 96 valence electrons. The Bertz CT molecular complexity index is 166. The highest BCUT2D eigenvalue weighted by Gasteiger charge is 2.31. The molecule has 0 aromatic rings. The fourth-order valence-electron chi connectivity index (χ4n) is 2.13. The van der Waals surface area contributed by atoms with E-state index in [2.05, 4.69) is 19.2 Å².